The van der Waals surface area contributed by atoms with E-state index in [0.717, 1.165) is 29.5 Å². The van der Waals surface area contributed by atoms with Crippen LogP contribution in [0, 0.1) is 13.8 Å². The lowest BCUT2D eigenvalue weighted by Gasteiger charge is -2.14. The minimum atomic E-state index is 0.0287. The van der Waals surface area contributed by atoms with Gasteiger partial charge in [-0.25, -0.2) is 0 Å². The van der Waals surface area contributed by atoms with Crippen LogP contribution >= 0.6 is 0 Å². The highest BCUT2D eigenvalue weighted by Gasteiger charge is 2.09. The molecule has 0 heterocycles. The Hall–Kier alpha value is -1.28. The summed E-state index contributed by atoms with van der Waals surface area (Å²) in [5, 5.41) is 9.63. The summed E-state index contributed by atoms with van der Waals surface area (Å²) in [6.07, 6.45) is 3.69. The Labute approximate surface area is 91.4 Å². The van der Waals surface area contributed by atoms with Crippen LogP contribution in [0.15, 0.2) is 24.8 Å². The molecular weight excluding hydrogens is 186 g/mol. The number of allylic oxidation sites excluding steroid dienone is 1. The fourth-order valence-electron chi connectivity index (χ4n) is 1.67. The average molecular weight is 205 g/mol. The lowest BCUT2D eigenvalue weighted by Crippen LogP contribution is -2.10. The molecule has 3 N–H and O–H groups in total. The monoisotopic (exact) mass is 205 g/mol. The molecule has 0 unspecified atom stereocenters. The summed E-state index contributed by atoms with van der Waals surface area (Å²) in [6.45, 7) is 7.47. The van der Waals surface area contributed by atoms with Gasteiger partial charge in [-0.1, -0.05) is 18.2 Å². The number of nitrogens with two attached hydrogens (primary N) is 1. The van der Waals surface area contributed by atoms with Crippen molar-refractivity contribution < 1.29 is 5.11 Å². The van der Waals surface area contributed by atoms with Crippen molar-refractivity contribution in [3.05, 3.63) is 41.5 Å². The maximum atomic E-state index is 9.63. The van der Waals surface area contributed by atoms with E-state index in [2.05, 4.69) is 6.58 Å². The van der Waals surface area contributed by atoms with E-state index in [0.29, 0.717) is 5.75 Å². The van der Waals surface area contributed by atoms with E-state index < -0.39 is 0 Å². The molecule has 0 aliphatic carbocycles. The zero-order valence-corrected chi connectivity index (χ0v) is 9.46. The van der Waals surface area contributed by atoms with Gasteiger partial charge in [0.25, 0.3) is 0 Å². The van der Waals surface area contributed by atoms with Gasteiger partial charge in [0, 0.05) is 6.04 Å². The van der Waals surface area contributed by atoms with Crippen molar-refractivity contribution in [3.8, 4) is 5.75 Å². The molecule has 1 atom stereocenters. The second-order valence-corrected chi connectivity index (χ2v) is 3.98. The molecule has 0 aromatic heterocycles. The van der Waals surface area contributed by atoms with Crippen molar-refractivity contribution in [2.75, 3.05) is 0 Å². The second kappa shape index (κ2) is 4.99. The van der Waals surface area contributed by atoms with Gasteiger partial charge in [0.15, 0.2) is 0 Å². The number of hydrogen-bond acceptors (Lipinski definition) is 2. The molecule has 2 heteroatoms. The minimum Gasteiger partial charge on any atom is -0.507 e. The molecule has 0 fully saturated rings. The van der Waals surface area contributed by atoms with Crippen molar-refractivity contribution in [1.29, 1.82) is 0 Å². The first kappa shape index (κ1) is 11.8. The molecule has 0 saturated heterocycles. The van der Waals surface area contributed by atoms with Crippen LogP contribution in [0.2, 0.25) is 0 Å². The topological polar surface area (TPSA) is 46.2 Å². The molecule has 0 aliphatic rings. The average Bonchev–Trinajstić information content (AvgIpc) is 2.21. The first-order chi connectivity index (χ1) is 7.06. The highest BCUT2D eigenvalue weighted by atomic mass is 16.3. The summed E-state index contributed by atoms with van der Waals surface area (Å²) in [5.74, 6) is 0.370. The van der Waals surface area contributed by atoms with Gasteiger partial charge in [0.1, 0.15) is 5.75 Å². The van der Waals surface area contributed by atoms with E-state index in [1.807, 2.05) is 32.1 Å². The van der Waals surface area contributed by atoms with Crippen molar-refractivity contribution in [1.82, 2.24) is 0 Å². The number of benzene rings is 1. The lowest BCUT2D eigenvalue weighted by molar-refractivity contribution is 0.466. The van der Waals surface area contributed by atoms with Crippen molar-refractivity contribution >= 4 is 0 Å². The maximum absolute atomic E-state index is 9.63. The third-order valence-corrected chi connectivity index (χ3v) is 2.62. The van der Waals surface area contributed by atoms with E-state index in [4.69, 9.17) is 5.73 Å². The van der Waals surface area contributed by atoms with Gasteiger partial charge in [-0.3, -0.25) is 0 Å². The zero-order valence-electron chi connectivity index (χ0n) is 9.46. The quantitative estimate of drug-likeness (QED) is 0.742. The molecule has 0 bridgehead atoms. The standard InChI is InChI=1S/C13H19NO/c1-4-5-6-12(14)11-7-9(2)13(15)10(3)8-11/h4,7-8,12,15H,1,5-6,14H2,2-3H3/t12-/m0/s1. The second-order valence-electron chi connectivity index (χ2n) is 3.98. The van der Waals surface area contributed by atoms with Gasteiger partial charge in [0.2, 0.25) is 0 Å². The third kappa shape index (κ3) is 2.83. The van der Waals surface area contributed by atoms with Gasteiger partial charge in [-0.2, -0.15) is 0 Å². The number of aromatic hydroxyl groups is 1. The molecule has 1 aromatic carbocycles. The highest BCUT2D eigenvalue weighted by Crippen LogP contribution is 2.26. The van der Waals surface area contributed by atoms with E-state index in [9.17, 15) is 5.11 Å². The normalized spacial score (nSPS) is 12.5. The summed E-state index contributed by atoms with van der Waals surface area (Å²) < 4.78 is 0. The molecule has 15 heavy (non-hydrogen) atoms. The Balaban J connectivity index is 2.90. The molecule has 0 saturated carbocycles. The molecule has 1 aromatic rings. The maximum Gasteiger partial charge on any atom is 0.121 e. The van der Waals surface area contributed by atoms with E-state index in [1.54, 1.807) is 0 Å². The van der Waals surface area contributed by atoms with Crippen LogP contribution in [-0.2, 0) is 0 Å². The van der Waals surface area contributed by atoms with Crippen LogP contribution in [0.1, 0.15) is 35.6 Å². The minimum absolute atomic E-state index is 0.0287. The molecule has 0 spiro atoms. The largest absolute Gasteiger partial charge is 0.507 e. The number of hydrogen-bond donors (Lipinski definition) is 2. The van der Waals surface area contributed by atoms with Crippen LogP contribution in [0.5, 0.6) is 5.75 Å². The predicted octanol–water partition coefficient (Wildman–Crippen LogP) is 2.98. The first-order valence-corrected chi connectivity index (χ1v) is 5.23. The van der Waals surface area contributed by atoms with E-state index >= 15 is 0 Å². The van der Waals surface area contributed by atoms with Crippen molar-refractivity contribution in [2.24, 2.45) is 5.73 Å². The Kier molecular flexibility index (Phi) is 3.92. The van der Waals surface area contributed by atoms with Crippen LogP contribution in [0.3, 0.4) is 0 Å². The Bertz CT molecular complexity index is 335. The van der Waals surface area contributed by atoms with Crippen LogP contribution in [-0.4, -0.2) is 5.11 Å². The fraction of sp³-hybridized carbons (Fsp3) is 0.385. The Morgan fingerprint density at radius 3 is 2.40 bits per heavy atom. The lowest BCUT2D eigenvalue weighted by atomic mass is 9.98. The van der Waals surface area contributed by atoms with Gasteiger partial charge < -0.3 is 10.8 Å². The third-order valence-electron chi connectivity index (χ3n) is 2.62. The van der Waals surface area contributed by atoms with Gasteiger partial charge in [0.05, 0.1) is 0 Å². The van der Waals surface area contributed by atoms with Crippen molar-refractivity contribution in [2.45, 2.75) is 32.7 Å². The molecule has 0 radical (unpaired) electrons. The number of aryl methyl sites for hydroxylation is 2. The number of rotatable bonds is 4. The van der Waals surface area contributed by atoms with Crippen LogP contribution in [0.4, 0.5) is 0 Å². The summed E-state index contributed by atoms with van der Waals surface area (Å²) in [7, 11) is 0. The van der Waals surface area contributed by atoms with E-state index in [1.165, 1.54) is 0 Å². The summed E-state index contributed by atoms with van der Waals surface area (Å²) in [4.78, 5) is 0. The molecule has 1 rings (SSSR count). The molecule has 0 aliphatic heterocycles. The first-order valence-electron chi connectivity index (χ1n) is 5.23. The Morgan fingerprint density at radius 2 is 1.93 bits per heavy atom. The SMILES string of the molecule is C=CCC[C@H](N)c1cc(C)c(O)c(C)c1. The van der Waals surface area contributed by atoms with Crippen LogP contribution < -0.4 is 5.73 Å². The van der Waals surface area contributed by atoms with E-state index in [-0.39, 0.29) is 6.04 Å². The summed E-state index contributed by atoms with van der Waals surface area (Å²) in [6, 6.07) is 3.94. The molecule has 0 amide bonds. The highest BCUT2D eigenvalue weighted by molar-refractivity contribution is 5.43. The van der Waals surface area contributed by atoms with Gasteiger partial charge >= 0.3 is 0 Å². The Morgan fingerprint density at radius 1 is 1.40 bits per heavy atom. The van der Waals surface area contributed by atoms with Gasteiger partial charge in [-0.05, 0) is 43.4 Å². The molecular formula is C13H19NO. The van der Waals surface area contributed by atoms with Crippen molar-refractivity contribution in [3.63, 3.8) is 0 Å². The molecule has 2 nitrogen and oxygen atoms in total. The van der Waals surface area contributed by atoms with Crippen LogP contribution in [0.25, 0.3) is 0 Å². The number of phenols is 1. The smallest absolute Gasteiger partial charge is 0.121 e. The summed E-state index contributed by atoms with van der Waals surface area (Å²) in [5.41, 5.74) is 8.90. The van der Waals surface area contributed by atoms with Gasteiger partial charge in [-0.15, -0.1) is 6.58 Å². The fourth-order valence-corrected chi connectivity index (χ4v) is 1.67. The zero-order chi connectivity index (χ0) is 11.4. The predicted molar refractivity (Wildman–Crippen MR) is 63.9 cm³/mol. The number of phenolic OH excluding ortho intramolecular Hbond substituents is 1. The molecule has 82 valence electrons. The summed E-state index contributed by atoms with van der Waals surface area (Å²) >= 11 is 0.